The summed E-state index contributed by atoms with van der Waals surface area (Å²) in [6, 6.07) is 0. The second-order valence-corrected chi connectivity index (χ2v) is 4.08. The lowest BCUT2D eigenvalue weighted by molar-refractivity contribution is 0.0569. The molecule has 0 N–H and O–H groups in total. The van der Waals surface area contributed by atoms with E-state index in [0.717, 1.165) is 0 Å². The van der Waals surface area contributed by atoms with Gasteiger partial charge in [-0.05, 0) is 51.6 Å². The Morgan fingerprint density at radius 2 is 1.58 bits per heavy atom. The smallest absolute Gasteiger partial charge is 0.0823 e. The van der Waals surface area contributed by atoms with Crippen LogP contribution in [0.2, 0.25) is 0 Å². The molecule has 0 bridgehead atoms. The Morgan fingerprint density at radius 3 is 2.00 bits per heavy atom. The molecule has 2 heterocycles. The zero-order chi connectivity index (χ0) is 8.44. The highest BCUT2D eigenvalue weighted by atomic mass is 15.2. The first-order chi connectivity index (χ1) is 5.87. The highest BCUT2D eigenvalue weighted by Gasteiger charge is 2.38. The van der Waals surface area contributed by atoms with E-state index in [1.165, 1.54) is 51.6 Å². The first-order valence-electron chi connectivity index (χ1n) is 5.10. The molecule has 2 aliphatic heterocycles. The predicted molar refractivity (Wildman–Crippen MR) is 50.8 cm³/mol. The summed E-state index contributed by atoms with van der Waals surface area (Å²) in [5.74, 6) is 3.05. The zero-order valence-corrected chi connectivity index (χ0v) is 7.68. The Hall–Kier alpha value is -0.480. The molecule has 0 atom stereocenters. The van der Waals surface area contributed by atoms with Crippen molar-refractivity contribution in [2.45, 2.75) is 44.1 Å². The highest BCUT2D eigenvalue weighted by molar-refractivity contribution is 5.16. The summed E-state index contributed by atoms with van der Waals surface area (Å²) in [5.41, 5.74) is 0.177. The van der Waals surface area contributed by atoms with Crippen LogP contribution in [0.25, 0.3) is 0 Å². The first kappa shape index (κ1) is 8.13. The van der Waals surface area contributed by atoms with E-state index >= 15 is 0 Å². The average Bonchev–Trinajstić information content (AvgIpc) is 2.18. The minimum Gasteiger partial charge on any atom is -0.287 e. The van der Waals surface area contributed by atoms with E-state index in [4.69, 9.17) is 6.42 Å². The van der Waals surface area contributed by atoms with Crippen LogP contribution in [0.1, 0.15) is 38.5 Å². The number of rotatable bonds is 0. The molecule has 2 saturated heterocycles. The Labute approximate surface area is 75.1 Å². The summed E-state index contributed by atoms with van der Waals surface area (Å²) in [6.07, 6.45) is 13.5. The zero-order valence-electron chi connectivity index (χ0n) is 7.68. The maximum Gasteiger partial charge on any atom is 0.0823 e. The van der Waals surface area contributed by atoms with E-state index in [9.17, 15) is 0 Å². The fourth-order valence-electron chi connectivity index (χ4n) is 2.66. The van der Waals surface area contributed by atoms with E-state index in [0.29, 0.717) is 0 Å². The number of nitrogens with zero attached hydrogens (tertiary/aromatic N) is 1. The van der Waals surface area contributed by atoms with Crippen molar-refractivity contribution < 1.29 is 0 Å². The number of hydrogen-bond donors (Lipinski definition) is 0. The molecule has 1 heteroatoms. The van der Waals surface area contributed by atoms with E-state index in [1.807, 2.05) is 0 Å². The molecular formula is C11H17N. The SMILES string of the molecule is C#CC12CCCCN1CCCC2. The van der Waals surface area contributed by atoms with Crippen molar-refractivity contribution in [2.24, 2.45) is 0 Å². The predicted octanol–water partition coefficient (Wildman–Crippen LogP) is 2.03. The Kier molecular flexibility index (Phi) is 2.11. The van der Waals surface area contributed by atoms with Crippen molar-refractivity contribution in [3.63, 3.8) is 0 Å². The van der Waals surface area contributed by atoms with Crippen molar-refractivity contribution in [2.75, 3.05) is 13.1 Å². The van der Waals surface area contributed by atoms with Gasteiger partial charge in [0.25, 0.3) is 0 Å². The Morgan fingerprint density at radius 1 is 1.00 bits per heavy atom. The second-order valence-electron chi connectivity index (χ2n) is 4.08. The molecule has 12 heavy (non-hydrogen) atoms. The molecule has 2 fully saturated rings. The molecule has 66 valence electrons. The van der Waals surface area contributed by atoms with Crippen LogP contribution in [0.15, 0.2) is 0 Å². The van der Waals surface area contributed by atoms with Crippen LogP contribution in [0, 0.1) is 12.3 Å². The topological polar surface area (TPSA) is 3.24 Å². The van der Waals surface area contributed by atoms with E-state index in [-0.39, 0.29) is 5.54 Å². The molecule has 0 radical (unpaired) electrons. The maximum absolute atomic E-state index is 5.66. The molecule has 0 aromatic rings. The first-order valence-corrected chi connectivity index (χ1v) is 5.10. The van der Waals surface area contributed by atoms with Crippen LogP contribution < -0.4 is 0 Å². The Bertz CT molecular complexity index is 190. The number of terminal acetylenes is 1. The minimum atomic E-state index is 0.177. The third kappa shape index (κ3) is 1.15. The second kappa shape index (κ2) is 3.11. The van der Waals surface area contributed by atoms with Gasteiger partial charge in [-0.15, -0.1) is 6.42 Å². The molecule has 2 aliphatic rings. The molecule has 0 amide bonds. The molecule has 0 aliphatic carbocycles. The van der Waals surface area contributed by atoms with Gasteiger partial charge in [-0.1, -0.05) is 5.92 Å². The lowest BCUT2D eigenvalue weighted by Gasteiger charge is -2.47. The molecule has 0 spiro atoms. The van der Waals surface area contributed by atoms with Crippen LogP contribution in [0.5, 0.6) is 0 Å². The summed E-state index contributed by atoms with van der Waals surface area (Å²) in [4.78, 5) is 2.54. The van der Waals surface area contributed by atoms with Crippen LogP contribution in [0.3, 0.4) is 0 Å². The van der Waals surface area contributed by atoms with Crippen LogP contribution in [-0.4, -0.2) is 23.5 Å². The van der Waals surface area contributed by atoms with Gasteiger partial charge in [0.05, 0.1) is 5.54 Å². The summed E-state index contributed by atoms with van der Waals surface area (Å²) in [6.45, 7) is 2.48. The van der Waals surface area contributed by atoms with Gasteiger partial charge in [-0.25, -0.2) is 0 Å². The van der Waals surface area contributed by atoms with E-state index in [2.05, 4.69) is 10.8 Å². The van der Waals surface area contributed by atoms with Gasteiger partial charge in [-0.3, -0.25) is 4.90 Å². The standard InChI is InChI=1S/C11H17N/c1-2-11-7-3-5-9-12(11)10-6-4-8-11/h1H,3-10H2. The molecule has 2 rings (SSSR count). The number of hydrogen-bond acceptors (Lipinski definition) is 1. The highest BCUT2D eigenvalue weighted by Crippen LogP contribution is 2.35. The third-order valence-electron chi connectivity index (χ3n) is 3.41. The molecule has 0 aromatic heterocycles. The lowest BCUT2D eigenvalue weighted by atomic mass is 9.80. The largest absolute Gasteiger partial charge is 0.287 e. The number of piperidine rings is 2. The van der Waals surface area contributed by atoms with Crippen molar-refractivity contribution in [3.05, 3.63) is 0 Å². The normalized spacial score (nSPS) is 28.9. The van der Waals surface area contributed by atoms with Crippen LogP contribution in [0.4, 0.5) is 0 Å². The lowest BCUT2D eigenvalue weighted by Crippen LogP contribution is -2.53. The third-order valence-corrected chi connectivity index (χ3v) is 3.41. The maximum atomic E-state index is 5.66. The van der Waals surface area contributed by atoms with Gasteiger partial charge in [0.1, 0.15) is 0 Å². The molecule has 0 unspecified atom stereocenters. The summed E-state index contributed by atoms with van der Waals surface area (Å²) in [7, 11) is 0. The molecule has 0 aromatic carbocycles. The van der Waals surface area contributed by atoms with Crippen molar-refractivity contribution in [1.29, 1.82) is 0 Å². The summed E-state index contributed by atoms with van der Waals surface area (Å²) < 4.78 is 0. The van der Waals surface area contributed by atoms with E-state index < -0.39 is 0 Å². The molecular weight excluding hydrogens is 146 g/mol. The van der Waals surface area contributed by atoms with E-state index in [1.54, 1.807) is 0 Å². The molecule has 0 saturated carbocycles. The quantitative estimate of drug-likeness (QED) is 0.494. The fraction of sp³-hybridized carbons (Fsp3) is 0.818. The van der Waals surface area contributed by atoms with Gasteiger partial charge in [0.2, 0.25) is 0 Å². The fourth-order valence-corrected chi connectivity index (χ4v) is 2.66. The van der Waals surface area contributed by atoms with Gasteiger partial charge in [-0.2, -0.15) is 0 Å². The minimum absolute atomic E-state index is 0.177. The van der Waals surface area contributed by atoms with Gasteiger partial charge in [0, 0.05) is 0 Å². The van der Waals surface area contributed by atoms with Crippen LogP contribution in [-0.2, 0) is 0 Å². The van der Waals surface area contributed by atoms with Gasteiger partial charge < -0.3 is 0 Å². The number of fused-ring (bicyclic) bond motifs is 1. The van der Waals surface area contributed by atoms with Crippen molar-refractivity contribution in [3.8, 4) is 12.3 Å². The summed E-state index contributed by atoms with van der Waals surface area (Å²) >= 11 is 0. The van der Waals surface area contributed by atoms with Gasteiger partial charge in [0.15, 0.2) is 0 Å². The Balaban J connectivity index is 2.16. The van der Waals surface area contributed by atoms with Gasteiger partial charge >= 0.3 is 0 Å². The summed E-state index contributed by atoms with van der Waals surface area (Å²) in [5, 5.41) is 0. The average molecular weight is 163 g/mol. The van der Waals surface area contributed by atoms with Crippen LogP contribution >= 0.6 is 0 Å². The molecule has 1 nitrogen and oxygen atoms in total. The van der Waals surface area contributed by atoms with Crippen molar-refractivity contribution >= 4 is 0 Å². The monoisotopic (exact) mass is 163 g/mol. The van der Waals surface area contributed by atoms with Crippen molar-refractivity contribution in [1.82, 2.24) is 4.90 Å².